The van der Waals surface area contributed by atoms with Crippen LogP contribution in [-0.4, -0.2) is 32.7 Å². The van der Waals surface area contributed by atoms with E-state index in [0.717, 1.165) is 28.7 Å². The second-order valence-corrected chi connectivity index (χ2v) is 9.42. The van der Waals surface area contributed by atoms with Gasteiger partial charge in [0.2, 0.25) is 15.9 Å². The number of hydrogen-bond acceptors (Lipinski definition) is 4. The van der Waals surface area contributed by atoms with Crippen molar-refractivity contribution >= 4 is 21.6 Å². The normalized spacial score (nSPS) is 12.5. The standard InChI is InChI=1S/C22H30N2O4S/c1-15(2)28-20-9-7-8-19(13-20)14-23-22(25)18(5)24(29(6,26)27)21-12-16(3)10-11-17(21)4/h7-13,15,18H,14H2,1-6H3,(H,23,25)/t18-/m0/s1. The summed E-state index contributed by atoms with van der Waals surface area (Å²) in [5.41, 5.74) is 3.11. The lowest BCUT2D eigenvalue weighted by Crippen LogP contribution is -2.48. The van der Waals surface area contributed by atoms with Crippen LogP contribution in [0.5, 0.6) is 5.75 Å². The van der Waals surface area contributed by atoms with Gasteiger partial charge in [-0.25, -0.2) is 8.42 Å². The summed E-state index contributed by atoms with van der Waals surface area (Å²) in [6.07, 6.45) is 1.17. The molecule has 0 saturated heterocycles. The molecule has 0 saturated carbocycles. The van der Waals surface area contributed by atoms with Crippen molar-refractivity contribution in [3.63, 3.8) is 0 Å². The van der Waals surface area contributed by atoms with Crippen LogP contribution in [0.3, 0.4) is 0 Å². The van der Waals surface area contributed by atoms with E-state index in [1.165, 1.54) is 4.31 Å². The first kappa shape index (κ1) is 22.7. The highest BCUT2D eigenvalue weighted by molar-refractivity contribution is 7.92. The van der Waals surface area contributed by atoms with Crippen LogP contribution in [0, 0.1) is 13.8 Å². The number of hydrogen-bond donors (Lipinski definition) is 1. The number of nitrogens with one attached hydrogen (secondary N) is 1. The Morgan fingerprint density at radius 3 is 2.41 bits per heavy atom. The number of benzene rings is 2. The molecule has 1 amide bonds. The third-order valence-corrected chi connectivity index (χ3v) is 5.66. The molecular weight excluding hydrogens is 388 g/mol. The zero-order valence-electron chi connectivity index (χ0n) is 17.9. The summed E-state index contributed by atoms with van der Waals surface area (Å²) in [6.45, 7) is 9.49. The number of carbonyl (C=O) groups excluding carboxylic acids is 1. The van der Waals surface area contributed by atoms with E-state index in [-0.39, 0.29) is 18.6 Å². The first-order valence-corrected chi connectivity index (χ1v) is 11.4. The predicted molar refractivity (Wildman–Crippen MR) is 117 cm³/mol. The molecule has 1 N–H and O–H groups in total. The molecule has 1 atom stereocenters. The number of rotatable bonds is 8. The van der Waals surface area contributed by atoms with E-state index in [9.17, 15) is 13.2 Å². The lowest BCUT2D eigenvalue weighted by molar-refractivity contribution is -0.122. The van der Waals surface area contributed by atoms with Crippen molar-refractivity contribution in [3.05, 3.63) is 59.2 Å². The van der Waals surface area contributed by atoms with Crippen molar-refractivity contribution in [2.75, 3.05) is 10.6 Å². The minimum atomic E-state index is -3.65. The summed E-state index contributed by atoms with van der Waals surface area (Å²) < 4.78 is 31.8. The quantitative estimate of drug-likeness (QED) is 0.711. The van der Waals surface area contributed by atoms with Crippen LogP contribution in [0.25, 0.3) is 0 Å². The molecule has 0 radical (unpaired) electrons. The minimum absolute atomic E-state index is 0.0563. The number of ether oxygens (including phenoxy) is 1. The van der Waals surface area contributed by atoms with Crippen LogP contribution in [0.1, 0.15) is 37.5 Å². The molecule has 0 bridgehead atoms. The molecule has 0 spiro atoms. The van der Waals surface area contributed by atoms with Gasteiger partial charge in [-0.15, -0.1) is 0 Å². The average Bonchev–Trinajstić information content (AvgIpc) is 2.61. The molecule has 2 aromatic rings. The predicted octanol–water partition coefficient (Wildman–Crippen LogP) is 3.56. The monoisotopic (exact) mass is 418 g/mol. The molecule has 0 unspecified atom stereocenters. The number of anilines is 1. The average molecular weight is 419 g/mol. The summed E-state index contributed by atoms with van der Waals surface area (Å²) in [6, 6.07) is 12.1. The topological polar surface area (TPSA) is 75.7 Å². The maximum absolute atomic E-state index is 12.8. The Bertz CT molecular complexity index is 971. The number of aryl methyl sites for hydroxylation is 2. The van der Waals surface area contributed by atoms with Crippen LogP contribution in [0.15, 0.2) is 42.5 Å². The highest BCUT2D eigenvalue weighted by atomic mass is 32.2. The Morgan fingerprint density at radius 1 is 1.10 bits per heavy atom. The van der Waals surface area contributed by atoms with Gasteiger partial charge in [-0.2, -0.15) is 0 Å². The largest absolute Gasteiger partial charge is 0.491 e. The lowest BCUT2D eigenvalue weighted by atomic mass is 10.1. The third kappa shape index (κ3) is 6.22. The molecule has 0 aromatic heterocycles. The highest BCUT2D eigenvalue weighted by Crippen LogP contribution is 2.26. The van der Waals surface area contributed by atoms with Gasteiger partial charge in [0.1, 0.15) is 11.8 Å². The van der Waals surface area contributed by atoms with Crippen LogP contribution in [0.2, 0.25) is 0 Å². The van der Waals surface area contributed by atoms with Crippen molar-refractivity contribution < 1.29 is 17.9 Å². The second-order valence-electron chi connectivity index (χ2n) is 7.56. The van der Waals surface area contributed by atoms with Crippen molar-refractivity contribution in [2.24, 2.45) is 0 Å². The van der Waals surface area contributed by atoms with E-state index >= 15 is 0 Å². The van der Waals surface area contributed by atoms with Gasteiger partial charge in [0, 0.05) is 6.54 Å². The van der Waals surface area contributed by atoms with Gasteiger partial charge < -0.3 is 10.1 Å². The SMILES string of the molecule is Cc1ccc(C)c(N([C@@H](C)C(=O)NCc2cccc(OC(C)C)c2)S(C)(=O)=O)c1. The molecule has 2 rings (SSSR count). The Hall–Kier alpha value is -2.54. The summed E-state index contributed by atoms with van der Waals surface area (Å²) in [7, 11) is -3.65. The number of nitrogens with zero attached hydrogens (tertiary/aromatic N) is 1. The number of sulfonamides is 1. The van der Waals surface area contributed by atoms with Crippen molar-refractivity contribution in [1.29, 1.82) is 0 Å². The highest BCUT2D eigenvalue weighted by Gasteiger charge is 2.30. The Morgan fingerprint density at radius 2 is 1.79 bits per heavy atom. The Kier molecular flexibility index (Phi) is 7.30. The smallest absolute Gasteiger partial charge is 0.243 e. The fraction of sp³-hybridized carbons (Fsp3) is 0.409. The minimum Gasteiger partial charge on any atom is -0.491 e. The molecule has 0 heterocycles. The van der Waals surface area contributed by atoms with E-state index in [1.807, 2.05) is 64.1 Å². The van der Waals surface area contributed by atoms with Crippen molar-refractivity contribution in [1.82, 2.24) is 5.32 Å². The molecule has 0 fully saturated rings. The fourth-order valence-electron chi connectivity index (χ4n) is 3.08. The molecule has 0 aliphatic carbocycles. The van der Waals surface area contributed by atoms with Gasteiger partial charge in [-0.05, 0) is 69.5 Å². The van der Waals surface area contributed by atoms with Gasteiger partial charge in [-0.3, -0.25) is 9.10 Å². The van der Waals surface area contributed by atoms with Gasteiger partial charge in [-0.1, -0.05) is 24.3 Å². The molecule has 6 nitrogen and oxygen atoms in total. The maximum atomic E-state index is 12.8. The van der Waals surface area contributed by atoms with Crippen LogP contribution in [0.4, 0.5) is 5.69 Å². The molecule has 29 heavy (non-hydrogen) atoms. The number of amides is 1. The zero-order chi connectivity index (χ0) is 21.8. The first-order chi connectivity index (χ1) is 13.5. The number of carbonyl (C=O) groups is 1. The van der Waals surface area contributed by atoms with E-state index in [1.54, 1.807) is 13.0 Å². The molecule has 158 valence electrons. The van der Waals surface area contributed by atoms with Crippen LogP contribution in [-0.2, 0) is 21.4 Å². The second kappa shape index (κ2) is 9.31. The maximum Gasteiger partial charge on any atom is 0.243 e. The summed E-state index contributed by atoms with van der Waals surface area (Å²) in [5, 5.41) is 2.84. The van der Waals surface area contributed by atoms with Crippen LogP contribution < -0.4 is 14.4 Å². The third-order valence-electron chi connectivity index (χ3n) is 4.43. The Balaban J connectivity index is 2.19. The molecular formula is C22H30N2O4S. The van der Waals surface area contributed by atoms with E-state index in [2.05, 4.69) is 5.32 Å². The summed E-state index contributed by atoms with van der Waals surface area (Å²) in [4.78, 5) is 12.8. The van der Waals surface area contributed by atoms with E-state index in [4.69, 9.17) is 4.74 Å². The van der Waals surface area contributed by atoms with Gasteiger partial charge in [0.15, 0.2) is 0 Å². The molecule has 2 aromatic carbocycles. The van der Waals surface area contributed by atoms with Crippen LogP contribution >= 0.6 is 0 Å². The first-order valence-electron chi connectivity index (χ1n) is 9.59. The van der Waals surface area contributed by atoms with E-state index in [0.29, 0.717) is 5.69 Å². The van der Waals surface area contributed by atoms with Gasteiger partial charge >= 0.3 is 0 Å². The van der Waals surface area contributed by atoms with Crippen molar-refractivity contribution in [2.45, 2.75) is 53.3 Å². The zero-order valence-corrected chi connectivity index (χ0v) is 18.7. The van der Waals surface area contributed by atoms with Crippen molar-refractivity contribution in [3.8, 4) is 5.75 Å². The molecule has 7 heteroatoms. The van der Waals surface area contributed by atoms with Gasteiger partial charge in [0.25, 0.3) is 0 Å². The van der Waals surface area contributed by atoms with E-state index < -0.39 is 16.1 Å². The Labute approximate surface area is 173 Å². The lowest BCUT2D eigenvalue weighted by Gasteiger charge is -2.29. The molecule has 0 aliphatic heterocycles. The van der Waals surface area contributed by atoms with Gasteiger partial charge in [0.05, 0.1) is 18.0 Å². The summed E-state index contributed by atoms with van der Waals surface area (Å²) in [5.74, 6) is 0.361. The molecule has 0 aliphatic rings. The summed E-state index contributed by atoms with van der Waals surface area (Å²) >= 11 is 0. The fourth-order valence-corrected chi connectivity index (χ4v) is 4.30.